The van der Waals surface area contributed by atoms with E-state index in [1.165, 1.54) is 0 Å². The number of aromatic carboxylic acids is 1. The molecule has 1 aromatic carbocycles. The molecule has 20 heavy (non-hydrogen) atoms. The van der Waals surface area contributed by atoms with Crippen molar-refractivity contribution in [3.8, 4) is 0 Å². The highest BCUT2D eigenvalue weighted by Crippen LogP contribution is 2.11. The smallest absolute Gasteiger partial charge is 0.335 e. The average Bonchev–Trinajstić information content (AvgIpc) is 2.82. The molecule has 1 aromatic heterocycles. The first-order chi connectivity index (χ1) is 9.61. The van der Waals surface area contributed by atoms with Crippen molar-refractivity contribution in [2.75, 3.05) is 0 Å². The van der Waals surface area contributed by atoms with E-state index in [1.807, 2.05) is 11.5 Å². The van der Waals surface area contributed by atoms with Gasteiger partial charge in [-0.25, -0.2) is 9.78 Å². The van der Waals surface area contributed by atoms with Gasteiger partial charge in [0, 0.05) is 43.8 Å². The maximum atomic E-state index is 10.7. The Morgan fingerprint density at radius 3 is 2.40 bits per heavy atom. The summed E-state index contributed by atoms with van der Waals surface area (Å²) in [4.78, 5) is 14.9. The normalized spacial score (nSPS) is 9.80. The van der Waals surface area contributed by atoms with Crippen molar-refractivity contribution >= 4 is 43.2 Å². The zero-order valence-electron chi connectivity index (χ0n) is 10.8. The van der Waals surface area contributed by atoms with Gasteiger partial charge in [0.05, 0.1) is 24.1 Å². The summed E-state index contributed by atoms with van der Waals surface area (Å²) in [6.07, 6.45) is 1.64. The third-order valence-electron chi connectivity index (χ3n) is 2.84. The van der Waals surface area contributed by atoms with Crippen LogP contribution in [-0.2, 0) is 13.2 Å². The minimum absolute atomic E-state index is 0.0615. The standard InChI is InChI=1S/C13H14N2O3.I2/c1-9-14-6-12(8-16)15(9)7-10-2-4-11(5-3-10)13(17)18;1-2/h2-6,16H,7-8H2,1H3,(H,17,18);. The van der Waals surface area contributed by atoms with Crippen LogP contribution in [0.5, 0.6) is 0 Å². The maximum absolute atomic E-state index is 10.7. The van der Waals surface area contributed by atoms with Crippen LogP contribution in [0.2, 0.25) is 0 Å². The van der Waals surface area contributed by atoms with Gasteiger partial charge < -0.3 is 14.8 Å². The van der Waals surface area contributed by atoms with E-state index in [0.29, 0.717) is 6.54 Å². The van der Waals surface area contributed by atoms with E-state index in [2.05, 4.69) is 42.2 Å². The molecule has 0 unspecified atom stereocenters. The van der Waals surface area contributed by atoms with Crippen molar-refractivity contribution in [1.29, 1.82) is 0 Å². The van der Waals surface area contributed by atoms with Crippen molar-refractivity contribution in [2.24, 2.45) is 0 Å². The third kappa shape index (κ3) is 4.42. The van der Waals surface area contributed by atoms with Crippen molar-refractivity contribution in [3.63, 3.8) is 0 Å². The number of rotatable bonds is 4. The molecule has 0 aliphatic heterocycles. The molecule has 0 fully saturated rings. The number of hydrogen-bond acceptors (Lipinski definition) is 3. The van der Waals surface area contributed by atoms with E-state index in [4.69, 9.17) is 5.11 Å². The first-order valence-corrected chi connectivity index (χ1v) is 12.0. The minimum Gasteiger partial charge on any atom is -0.478 e. The lowest BCUT2D eigenvalue weighted by atomic mass is 10.1. The van der Waals surface area contributed by atoms with E-state index in [9.17, 15) is 9.90 Å². The second-order valence-electron chi connectivity index (χ2n) is 4.04. The van der Waals surface area contributed by atoms with Gasteiger partial charge in [-0.2, -0.15) is 0 Å². The summed E-state index contributed by atoms with van der Waals surface area (Å²) < 4.78 is 1.90. The first kappa shape index (κ1) is 17.4. The predicted octanol–water partition coefficient (Wildman–Crippen LogP) is 3.20. The van der Waals surface area contributed by atoms with Gasteiger partial charge in [-0.05, 0) is 24.6 Å². The molecular formula is C13H14I2N2O3. The molecule has 7 heteroatoms. The molecule has 2 aromatic rings. The van der Waals surface area contributed by atoms with E-state index in [1.54, 1.807) is 30.5 Å². The molecule has 0 radical (unpaired) electrons. The molecule has 0 spiro atoms. The monoisotopic (exact) mass is 500 g/mol. The van der Waals surface area contributed by atoms with Crippen molar-refractivity contribution < 1.29 is 15.0 Å². The Hall–Kier alpha value is -0.680. The lowest BCUT2D eigenvalue weighted by Gasteiger charge is -2.09. The predicted molar refractivity (Wildman–Crippen MR) is 93.4 cm³/mol. The van der Waals surface area contributed by atoms with Gasteiger partial charge in [-0.1, -0.05) is 12.1 Å². The lowest BCUT2D eigenvalue weighted by Crippen LogP contribution is -2.06. The van der Waals surface area contributed by atoms with Crippen LogP contribution in [0.4, 0.5) is 0 Å². The number of benzene rings is 1. The quantitative estimate of drug-likeness (QED) is 0.633. The van der Waals surface area contributed by atoms with E-state index >= 15 is 0 Å². The number of aliphatic hydroxyl groups is 1. The van der Waals surface area contributed by atoms with Crippen molar-refractivity contribution in [1.82, 2.24) is 9.55 Å². The van der Waals surface area contributed by atoms with Gasteiger partial charge in [0.15, 0.2) is 0 Å². The fourth-order valence-corrected chi connectivity index (χ4v) is 1.79. The summed E-state index contributed by atoms with van der Waals surface area (Å²) in [6, 6.07) is 6.68. The van der Waals surface area contributed by atoms with Crippen LogP contribution in [0.25, 0.3) is 0 Å². The number of aryl methyl sites for hydroxylation is 1. The molecule has 108 valence electrons. The number of imidazole rings is 1. The van der Waals surface area contributed by atoms with Crippen LogP contribution in [-0.4, -0.2) is 25.7 Å². The highest BCUT2D eigenvalue weighted by atomic mass is 128. The van der Waals surface area contributed by atoms with Gasteiger partial charge in [-0.15, -0.1) is 0 Å². The van der Waals surface area contributed by atoms with E-state index in [0.717, 1.165) is 17.1 Å². The molecule has 0 aliphatic rings. The van der Waals surface area contributed by atoms with Crippen LogP contribution in [0.1, 0.15) is 27.4 Å². The summed E-state index contributed by atoms with van der Waals surface area (Å²) in [5.41, 5.74) is 1.98. The van der Waals surface area contributed by atoms with Gasteiger partial charge in [-0.3, -0.25) is 0 Å². The van der Waals surface area contributed by atoms with Crippen molar-refractivity contribution in [2.45, 2.75) is 20.1 Å². The Labute approximate surface area is 140 Å². The maximum Gasteiger partial charge on any atom is 0.335 e. The van der Waals surface area contributed by atoms with Crippen molar-refractivity contribution in [3.05, 3.63) is 53.1 Å². The Kier molecular flexibility index (Phi) is 7.45. The summed E-state index contributed by atoms with van der Waals surface area (Å²) in [7, 11) is 0. The Bertz CT molecular complexity index is 567. The molecule has 0 bridgehead atoms. The van der Waals surface area contributed by atoms with Gasteiger partial charge >= 0.3 is 5.97 Å². The summed E-state index contributed by atoms with van der Waals surface area (Å²) in [5, 5.41) is 18.0. The number of carboxylic acid groups (broad SMARTS) is 1. The topological polar surface area (TPSA) is 75.4 Å². The first-order valence-electron chi connectivity index (χ1n) is 5.70. The molecular weight excluding hydrogens is 486 g/mol. The van der Waals surface area contributed by atoms with Gasteiger partial charge in [0.25, 0.3) is 0 Å². The molecule has 0 atom stereocenters. The fourth-order valence-electron chi connectivity index (χ4n) is 1.79. The fraction of sp³-hybridized carbons (Fsp3) is 0.231. The summed E-state index contributed by atoms with van der Waals surface area (Å²) in [6.45, 7) is 2.38. The number of aliphatic hydroxyl groups excluding tert-OH is 1. The number of hydrogen-bond donors (Lipinski definition) is 2. The van der Waals surface area contributed by atoms with E-state index in [-0.39, 0.29) is 12.2 Å². The largest absolute Gasteiger partial charge is 0.478 e. The number of carbonyl (C=O) groups is 1. The lowest BCUT2D eigenvalue weighted by molar-refractivity contribution is 0.0697. The Balaban J connectivity index is 0.000000956. The number of carboxylic acids is 1. The third-order valence-corrected chi connectivity index (χ3v) is 2.84. The molecule has 0 amide bonds. The van der Waals surface area contributed by atoms with Crippen LogP contribution >= 0.6 is 37.2 Å². The molecule has 5 nitrogen and oxygen atoms in total. The highest BCUT2D eigenvalue weighted by Gasteiger charge is 2.07. The molecule has 0 aliphatic carbocycles. The van der Waals surface area contributed by atoms with Crippen LogP contribution in [0, 0.1) is 6.92 Å². The highest BCUT2D eigenvalue weighted by molar-refractivity contribution is 15.0. The van der Waals surface area contributed by atoms with Gasteiger partial charge in [0.1, 0.15) is 5.82 Å². The van der Waals surface area contributed by atoms with Gasteiger partial charge in [0.2, 0.25) is 0 Å². The Morgan fingerprint density at radius 2 is 1.90 bits per heavy atom. The molecule has 0 saturated heterocycles. The Morgan fingerprint density at radius 1 is 1.30 bits per heavy atom. The summed E-state index contributed by atoms with van der Waals surface area (Å²) in [5.74, 6) is -0.113. The minimum atomic E-state index is -0.934. The second-order valence-corrected chi connectivity index (χ2v) is 4.04. The number of halogens is 2. The zero-order valence-corrected chi connectivity index (χ0v) is 15.1. The molecule has 2 rings (SSSR count). The number of aromatic nitrogens is 2. The average molecular weight is 500 g/mol. The number of nitrogens with zero attached hydrogens (tertiary/aromatic N) is 2. The second kappa shape index (κ2) is 8.57. The van der Waals surface area contributed by atoms with Crippen LogP contribution < -0.4 is 0 Å². The SMILES string of the molecule is Cc1ncc(CO)n1Cc1ccc(C(=O)O)cc1.II. The zero-order chi connectivity index (χ0) is 15.1. The van der Waals surface area contributed by atoms with Crippen LogP contribution in [0.15, 0.2) is 30.5 Å². The summed E-state index contributed by atoms with van der Waals surface area (Å²) >= 11 is 4.24. The molecule has 0 saturated carbocycles. The van der Waals surface area contributed by atoms with Crippen LogP contribution in [0.3, 0.4) is 0 Å². The molecule has 2 N–H and O–H groups in total. The van der Waals surface area contributed by atoms with E-state index < -0.39 is 5.97 Å². The molecule has 1 heterocycles.